The fourth-order valence-electron chi connectivity index (χ4n) is 2.34. The van der Waals surface area contributed by atoms with Gasteiger partial charge in [0, 0.05) is 17.3 Å². The lowest BCUT2D eigenvalue weighted by Crippen LogP contribution is -2.44. The lowest BCUT2D eigenvalue weighted by molar-refractivity contribution is -0.118. The Bertz CT molecular complexity index is 799. The van der Waals surface area contributed by atoms with E-state index in [0.717, 1.165) is 17.7 Å². The van der Waals surface area contributed by atoms with Crippen LogP contribution in [0, 0.1) is 18.6 Å². The number of benzene rings is 2. The third-order valence-electron chi connectivity index (χ3n) is 3.70. The summed E-state index contributed by atoms with van der Waals surface area (Å²) >= 11 is 1.54. The van der Waals surface area contributed by atoms with Crippen LogP contribution in [0.15, 0.2) is 42.5 Å². The number of carbonyl (C=O) groups excluding carboxylic acids is 2. The van der Waals surface area contributed by atoms with Gasteiger partial charge in [-0.05, 0) is 49.6 Å². The van der Waals surface area contributed by atoms with Crippen LogP contribution in [0.4, 0.5) is 14.5 Å². The molecule has 2 N–H and O–H groups in total. The lowest BCUT2D eigenvalue weighted by atomic mass is 10.1. The molecule has 0 fully saturated rings. The molecule has 0 heterocycles. The van der Waals surface area contributed by atoms with Crippen LogP contribution in [0.2, 0.25) is 0 Å². The SMILES string of the molecule is CSCCC(NC(=O)c1cccc(C)c1)C(=O)Nc1ccc(F)c(F)c1. The smallest absolute Gasteiger partial charge is 0.251 e. The van der Waals surface area contributed by atoms with Crippen molar-refractivity contribution in [2.75, 3.05) is 17.3 Å². The standard InChI is InChI=1S/C19H20F2N2O2S/c1-12-4-3-5-13(10-12)18(24)23-17(8-9-26-2)19(25)22-14-6-7-15(20)16(21)11-14/h3-7,10-11,17H,8-9H2,1-2H3,(H,22,25)(H,23,24). The van der Waals surface area contributed by atoms with E-state index < -0.39 is 23.6 Å². The summed E-state index contributed by atoms with van der Waals surface area (Å²) in [5.41, 5.74) is 1.53. The quantitative estimate of drug-likeness (QED) is 0.771. The zero-order valence-corrected chi connectivity index (χ0v) is 15.3. The van der Waals surface area contributed by atoms with Gasteiger partial charge in [-0.25, -0.2) is 8.78 Å². The molecule has 0 aliphatic carbocycles. The van der Waals surface area contributed by atoms with E-state index in [1.165, 1.54) is 6.07 Å². The monoisotopic (exact) mass is 378 g/mol. The molecule has 2 amide bonds. The highest BCUT2D eigenvalue weighted by Crippen LogP contribution is 2.14. The van der Waals surface area contributed by atoms with Crippen molar-refractivity contribution in [3.8, 4) is 0 Å². The molecule has 0 saturated heterocycles. The van der Waals surface area contributed by atoms with Gasteiger partial charge in [-0.2, -0.15) is 11.8 Å². The van der Waals surface area contributed by atoms with Crippen molar-refractivity contribution in [3.63, 3.8) is 0 Å². The number of nitrogens with one attached hydrogen (secondary N) is 2. The molecule has 1 unspecified atom stereocenters. The van der Waals surface area contributed by atoms with E-state index in [1.54, 1.807) is 30.0 Å². The maximum atomic E-state index is 13.3. The summed E-state index contributed by atoms with van der Waals surface area (Å²) in [4.78, 5) is 24.9. The Hall–Kier alpha value is -2.41. The van der Waals surface area contributed by atoms with E-state index in [2.05, 4.69) is 10.6 Å². The second kappa shape index (κ2) is 9.33. The Labute approximate surface area is 155 Å². The molecule has 0 aliphatic heterocycles. The number of carbonyl (C=O) groups is 2. The first kappa shape index (κ1) is 19.9. The largest absolute Gasteiger partial charge is 0.340 e. The van der Waals surface area contributed by atoms with Gasteiger partial charge in [-0.3, -0.25) is 9.59 Å². The Kier molecular flexibility index (Phi) is 7.15. The van der Waals surface area contributed by atoms with Crippen molar-refractivity contribution in [1.82, 2.24) is 5.32 Å². The van der Waals surface area contributed by atoms with Gasteiger partial charge in [0.2, 0.25) is 5.91 Å². The number of aryl methyl sites for hydroxylation is 1. The second-order valence-electron chi connectivity index (χ2n) is 5.80. The minimum Gasteiger partial charge on any atom is -0.340 e. The molecule has 0 spiro atoms. The molecule has 0 aromatic heterocycles. The van der Waals surface area contributed by atoms with Crippen molar-refractivity contribution < 1.29 is 18.4 Å². The second-order valence-corrected chi connectivity index (χ2v) is 6.78. The molecule has 26 heavy (non-hydrogen) atoms. The maximum Gasteiger partial charge on any atom is 0.251 e. The van der Waals surface area contributed by atoms with E-state index in [4.69, 9.17) is 0 Å². The van der Waals surface area contributed by atoms with Crippen molar-refractivity contribution in [2.24, 2.45) is 0 Å². The molecule has 0 aliphatic rings. The molecule has 7 heteroatoms. The first-order chi connectivity index (χ1) is 12.4. The van der Waals surface area contributed by atoms with Gasteiger partial charge in [0.15, 0.2) is 11.6 Å². The highest BCUT2D eigenvalue weighted by atomic mass is 32.2. The van der Waals surface area contributed by atoms with Gasteiger partial charge in [-0.15, -0.1) is 0 Å². The van der Waals surface area contributed by atoms with Gasteiger partial charge in [0.05, 0.1) is 0 Å². The maximum absolute atomic E-state index is 13.3. The molecule has 0 saturated carbocycles. The number of rotatable bonds is 7. The highest BCUT2D eigenvalue weighted by Gasteiger charge is 2.21. The molecule has 0 radical (unpaired) electrons. The fourth-order valence-corrected chi connectivity index (χ4v) is 2.81. The molecule has 1 atom stereocenters. The number of hydrogen-bond donors (Lipinski definition) is 2. The Balaban J connectivity index is 2.10. The number of halogens is 2. The minimum atomic E-state index is -1.05. The fraction of sp³-hybridized carbons (Fsp3) is 0.263. The molecule has 2 rings (SSSR count). The Morgan fingerprint density at radius 2 is 1.88 bits per heavy atom. The third-order valence-corrected chi connectivity index (χ3v) is 4.34. The van der Waals surface area contributed by atoms with Gasteiger partial charge in [0.1, 0.15) is 6.04 Å². The first-order valence-electron chi connectivity index (χ1n) is 8.03. The molecular weight excluding hydrogens is 358 g/mol. The molecule has 4 nitrogen and oxygen atoms in total. The van der Waals surface area contributed by atoms with Crippen molar-refractivity contribution in [3.05, 3.63) is 65.2 Å². The van der Waals surface area contributed by atoms with E-state index in [1.807, 2.05) is 19.2 Å². The minimum absolute atomic E-state index is 0.132. The van der Waals surface area contributed by atoms with Gasteiger partial charge < -0.3 is 10.6 Å². The number of thioether (sulfide) groups is 1. The highest BCUT2D eigenvalue weighted by molar-refractivity contribution is 7.98. The Morgan fingerprint density at radius 1 is 1.12 bits per heavy atom. The normalized spacial score (nSPS) is 11.7. The summed E-state index contributed by atoms with van der Waals surface area (Å²) in [6.07, 6.45) is 2.31. The van der Waals surface area contributed by atoms with Crippen LogP contribution >= 0.6 is 11.8 Å². The lowest BCUT2D eigenvalue weighted by Gasteiger charge is -2.18. The zero-order chi connectivity index (χ0) is 19.1. The molecule has 138 valence electrons. The molecule has 2 aromatic rings. The third kappa shape index (κ3) is 5.56. The Morgan fingerprint density at radius 3 is 2.54 bits per heavy atom. The van der Waals surface area contributed by atoms with Crippen LogP contribution in [-0.2, 0) is 4.79 Å². The van der Waals surface area contributed by atoms with Crippen LogP contribution in [0.25, 0.3) is 0 Å². The summed E-state index contributed by atoms with van der Waals surface area (Å²) in [5, 5.41) is 5.23. The van der Waals surface area contributed by atoms with Crippen molar-refractivity contribution in [2.45, 2.75) is 19.4 Å². The number of amides is 2. The van der Waals surface area contributed by atoms with Crippen LogP contribution in [0.5, 0.6) is 0 Å². The average Bonchev–Trinajstić information content (AvgIpc) is 2.61. The van der Waals surface area contributed by atoms with E-state index >= 15 is 0 Å². The van der Waals surface area contributed by atoms with Gasteiger partial charge in [0.25, 0.3) is 5.91 Å². The van der Waals surface area contributed by atoms with Crippen molar-refractivity contribution >= 4 is 29.3 Å². The summed E-state index contributed by atoms with van der Waals surface area (Å²) in [5.74, 6) is -2.22. The van der Waals surface area contributed by atoms with Gasteiger partial charge in [-0.1, -0.05) is 17.7 Å². The van der Waals surface area contributed by atoms with E-state index in [-0.39, 0.29) is 11.6 Å². The zero-order valence-electron chi connectivity index (χ0n) is 14.5. The molecule has 2 aromatic carbocycles. The number of anilines is 1. The predicted octanol–water partition coefficient (Wildman–Crippen LogP) is 3.76. The van der Waals surface area contributed by atoms with E-state index in [0.29, 0.717) is 17.7 Å². The summed E-state index contributed by atoms with van der Waals surface area (Å²) in [7, 11) is 0. The topological polar surface area (TPSA) is 58.2 Å². The number of hydrogen-bond acceptors (Lipinski definition) is 3. The predicted molar refractivity (Wildman–Crippen MR) is 100 cm³/mol. The van der Waals surface area contributed by atoms with E-state index in [9.17, 15) is 18.4 Å². The van der Waals surface area contributed by atoms with Crippen LogP contribution in [0.1, 0.15) is 22.3 Å². The summed E-state index contributed by atoms with van der Waals surface area (Å²) < 4.78 is 26.3. The van der Waals surface area contributed by atoms with Crippen molar-refractivity contribution in [1.29, 1.82) is 0 Å². The average molecular weight is 378 g/mol. The van der Waals surface area contributed by atoms with Crippen LogP contribution in [0.3, 0.4) is 0 Å². The van der Waals surface area contributed by atoms with Crippen LogP contribution < -0.4 is 10.6 Å². The molecular formula is C19H20F2N2O2S. The summed E-state index contributed by atoms with van der Waals surface area (Å²) in [6.45, 7) is 1.87. The molecule has 0 bridgehead atoms. The van der Waals surface area contributed by atoms with Crippen LogP contribution in [-0.4, -0.2) is 29.9 Å². The van der Waals surface area contributed by atoms with Gasteiger partial charge >= 0.3 is 0 Å². The first-order valence-corrected chi connectivity index (χ1v) is 9.42. The summed E-state index contributed by atoms with van der Waals surface area (Å²) in [6, 6.07) is 9.36.